The van der Waals surface area contributed by atoms with Crippen LogP contribution in [0.1, 0.15) is 37.1 Å². The molecule has 0 aliphatic carbocycles. The van der Waals surface area contributed by atoms with E-state index in [9.17, 15) is 15.2 Å². The highest BCUT2D eigenvalue weighted by Gasteiger charge is 2.43. The van der Waals surface area contributed by atoms with E-state index in [1.165, 1.54) is 13.3 Å². The molecule has 3 rings (SSSR count). The van der Waals surface area contributed by atoms with E-state index in [0.29, 0.717) is 48.2 Å². The number of hydrogen-bond acceptors (Lipinski definition) is 6. The Balaban J connectivity index is 2.11. The van der Waals surface area contributed by atoms with Crippen LogP contribution in [0.5, 0.6) is 0 Å². The van der Waals surface area contributed by atoms with Crippen molar-refractivity contribution in [3.05, 3.63) is 33.9 Å². The fourth-order valence-electron chi connectivity index (χ4n) is 3.76. The van der Waals surface area contributed by atoms with Gasteiger partial charge in [-0.25, -0.2) is 0 Å². The van der Waals surface area contributed by atoms with Crippen LogP contribution >= 0.6 is 0 Å². The number of anilines is 1. The number of pyridine rings is 2. The molecule has 0 aromatic carbocycles. The van der Waals surface area contributed by atoms with Gasteiger partial charge < -0.3 is 19.7 Å². The standard InChI is InChI=1S/C18H19B3N4O3/c1-10(26)13-7-11-14(9-23-13)24-16(27)12(8-22)15(11)25-5-3-17(28-2,4-6-25)18(19,20)21/h7,9-10,26H,3-6H2,1-2H3,(H,24,27). The molecule has 1 aliphatic rings. The van der Waals surface area contributed by atoms with Crippen molar-refractivity contribution in [1.82, 2.24) is 9.97 Å². The third-order valence-corrected chi connectivity index (χ3v) is 5.50. The summed E-state index contributed by atoms with van der Waals surface area (Å²) in [6.45, 7) is 2.46. The summed E-state index contributed by atoms with van der Waals surface area (Å²) in [6.07, 6.45) is 1.53. The predicted octanol–water partition coefficient (Wildman–Crippen LogP) is 0.413. The number of hydrogen-bond donors (Lipinski definition) is 2. The first-order valence-corrected chi connectivity index (χ1v) is 8.94. The van der Waals surface area contributed by atoms with E-state index in [0.717, 1.165) is 0 Å². The van der Waals surface area contributed by atoms with Crippen LogP contribution in [0.2, 0.25) is 5.11 Å². The van der Waals surface area contributed by atoms with Crippen LogP contribution in [-0.2, 0) is 4.74 Å². The third-order valence-electron chi connectivity index (χ3n) is 5.50. The number of nitriles is 1. The fourth-order valence-corrected chi connectivity index (χ4v) is 3.76. The number of nitrogens with one attached hydrogen (secondary N) is 1. The van der Waals surface area contributed by atoms with Gasteiger partial charge in [-0.05, 0) is 25.8 Å². The molecule has 2 aromatic heterocycles. The zero-order valence-electron chi connectivity index (χ0n) is 15.9. The van der Waals surface area contributed by atoms with Gasteiger partial charge in [-0.2, -0.15) is 5.26 Å². The van der Waals surface area contributed by atoms with Gasteiger partial charge in [0, 0.05) is 25.6 Å². The van der Waals surface area contributed by atoms with Crippen molar-refractivity contribution in [2.45, 2.75) is 36.6 Å². The van der Waals surface area contributed by atoms with Crippen molar-refractivity contribution < 1.29 is 9.84 Å². The van der Waals surface area contributed by atoms with Crippen molar-refractivity contribution >= 4 is 40.1 Å². The van der Waals surface area contributed by atoms with Gasteiger partial charge >= 0.3 is 0 Å². The summed E-state index contributed by atoms with van der Waals surface area (Å²) in [5.74, 6) is 0. The highest BCUT2D eigenvalue weighted by molar-refractivity contribution is 6.59. The van der Waals surface area contributed by atoms with Crippen LogP contribution in [-0.4, -0.2) is 64.4 Å². The maximum absolute atomic E-state index is 12.4. The van der Waals surface area contributed by atoms with Gasteiger partial charge in [-0.3, -0.25) is 9.78 Å². The molecule has 1 fully saturated rings. The first-order chi connectivity index (χ1) is 13.1. The summed E-state index contributed by atoms with van der Waals surface area (Å²) >= 11 is 0. The summed E-state index contributed by atoms with van der Waals surface area (Å²) in [4.78, 5) is 21.2. The van der Waals surface area contributed by atoms with Crippen LogP contribution in [0, 0.1) is 11.3 Å². The molecule has 10 heteroatoms. The summed E-state index contributed by atoms with van der Waals surface area (Å²) in [6, 6.07) is 3.68. The maximum atomic E-state index is 12.4. The summed E-state index contributed by atoms with van der Waals surface area (Å²) in [5.41, 5.74) is 0.00724. The second-order valence-corrected chi connectivity index (χ2v) is 7.24. The Morgan fingerprint density at radius 2 is 2.07 bits per heavy atom. The van der Waals surface area contributed by atoms with Crippen molar-refractivity contribution in [2.24, 2.45) is 0 Å². The van der Waals surface area contributed by atoms with E-state index in [4.69, 9.17) is 28.3 Å². The van der Waals surface area contributed by atoms with E-state index >= 15 is 0 Å². The molecule has 28 heavy (non-hydrogen) atoms. The topological polar surface area (TPSA) is 102 Å². The average molecular weight is 372 g/mol. The second kappa shape index (κ2) is 7.30. The van der Waals surface area contributed by atoms with Gasteiger partial charge in [0.15, 0.2) is 0 Å². The Labute approximate surface area is 167 Å². The van der Waals surface area contributed by atoms with Gasteiger partial charge in [0.1, 0.15) is 11.6 Å². The number of aromatic nitrogens is 2. The summed E-state index contributed by atoms with van der Waals surface area (Å²) in [7, 11) is 19.3. The van der Waals surface area contributed by atoms with Gasteiger partial charge in [0.25, 0.3) is 5.56 Å². The Kier molecular flexibility index (Phi) is 5.35. The minimum Gasteiger partial charge on any atom is -0.387 e. The molecule has 6 radical (unpaired) electrons. The Morgan fingerprint density at radius 1 is 1.43 bits per heavy atom. The van der Waals surface area contributed by atoms with E-state index in [1.54, 1.807) is 13.0 Å². The largest absolute Gasteiger partial charge is 0.387 e. The monoisotopic (exact) mass is 372 g/mol. The maximum Gasteiger partial charge on any atom is 0.268 e. The number of methoxy groups -OCH3 is 1. The van der Waals surface area contributed by atoms with E-state index in [1.807, 2.05) is 11.0 Å². The molecule has 0 spiro atoms. The molecule has 0 amide bonds. The van der Waals surface area contributed by atoms with Gasteiger partial charge in [-0.15, -0.1) is 5.11 Å². The average Bonchev–Trinajstić information content (AvgIpc) is 2.65. The lowest BCUT2D eigenvalue weighted by Gasteiger charge is -2.50. The number of fused-ring (bicyclic) bond motifs is 1. The first-order valence-electron chi connectivity index (χ1n) is 8.94. The minimum absolute atomic E-state index is 0.000307. The number of rotatable bonds is 4. The molecule has 1 unspecified atom stereocenters. The van der Waals surface area contributed by atoms with Crippen LogP contribution in [0.15, 0.2) is 17.1 Å². The lowest BCUT2D eigenvalue weighted by Crippen LogP contribution is -2.54. The van der Waals surface area contributed by atoms with Crippen molar-refractivity contribution in [3.63, 3.8) is 0 Å². The van der Waals surface area contributed by atoms with Crippen LogP contribution in [0.25, 0.3) is 10.9 Å². The number of ether oxygens (including phenoxy) is 1. The predicted molar refractivity (Wildman–Crippen MR) is 109 cm³/mol. The fraction of sp³-hybridized carbons (Fsp3) is 0.500. The quantitative estimate of drug-likeness (QED) is 0.755. The third kappa shape index (κ3) is 3.34. The Morgan fingerprint density at radius 3 is 2.57 bits per heavy atom. The lowest BCUT2D eigenvalue weighted by atomic mass is 9.35. The molecule has 2 aromatic rings. The molecule has 1 atom stereocenters. The molecule has 7 nitrogen and oxygen atoms in total. The van der Waals surface area contributed by atoms with Crippen LogP contribution < -0.4 is 10.5 Å². The summed E-state index contributed by atoms with van der Waals surface area (Å²) < 4.78 is 5.57. The Hall–Kier alpha value is -2.24. The van der Waals surface area contributed by atoms with E-state index in [-0.39, 0.29) is 5.56 Å². The van der Waals surface area contributed by atoms with Crippen LogP contribution in [0.3, 0.4) is 0 Å². The molecular weight excluding hydrogens is 353 g/mol. The number of piperidine rings is 1. The highest BCUT2D eigenvalue weighted by atomic mass is 16.5. The number of nitrogens with zero attached hydrogens (tertiary/aromatic N) is 3. The van der Waals surface area contributed by atoms with Crippen molar-refractivity contribution in [3.8, 4) is 6.07 Å². The smallest absolute Gasteiger partial charge is 0.268 e. The second-order valence-electron chi connectivity index (χ2n) is 7.24. The van der Waals surface area contributed by atoms with E-state index < -0.39 is 22.4 Å². The number of aliphatic hydroxyl groups excluding tert-OH is 1. The molecule has 1 saturated heterocycles. The van der Waals surface area contributed by atoms with Crippen LogP contribution in [0.4, 0.5) is 5.69 Å². The lowest BCUT2D eigenvalue weighted by molar-refractivity contribution is -0.0286. The normalized spacial score (nSPS) is 18.0. The van der Waals surface area contributed by atoms with Gasteiger partial charge in [0.05, 0.1) is 58.3 Å². The zero-order chi connectivity index (χ0) is 20.7. The van der Waals surface area contributed by atoms with Crippen molar-refractivity contribution in [1.29, 1.82) is 5.26 Å². The van der Waals surface area contributed by atoms with Gasteiger partial charge in [-0.1, -0.05) is 0 Å². The zero-order valence-corrected chi connectivity index (χ0v) is 15.9. The molecule has 3 heterocycles. The molecular formula is C18H19B3N4O3. The molecule has 138 valence electrons. The minimum atomic E-state index is -1.52. The molecule has 0 bridgehead atoms. The number of H-pyrrole nitrogens is 1. The molecule has 0 saturated carbocycles. The van der Waals surface area contributed by atoms with Crippen molar-refractivity contribution in [2.75, 3.05) is 25.1 Å². The van der Waals surface area contributed by atoms with E-state index in [2.05, 4.69) is 9.97 Å². The number of aromatic amines is 1. The molecule has 1 aliphatic heterocycles. The van der Waals surface area contributed by atoms with Gasteiger partial charge in [0.2, 0.25) is 0 Å². The first kappa shape index (κ1) is 20.5. The SMILES string of the molecule is [B]C([B])([B])C1(OC)CCN(c2c(C#N)c(=O)[nH]c3cnc(C(C)O)cc23)CC1. The summed E-state index contributed by atoms with van der Waals surface area (Å²) in [5, 5.41) is 18.6. The number of aliphatic hydroxyl groups is 1. The highest BCUT2D eigenvalue weighted by Crippen LogP contribution is 2.42. The Bertz CT molecular complexity index is 986. The molecule has 2 N–H and O–H groups in total.